The first-order chi connectivity index (χ1) is 12.4. The van der Waals surface area contributed by atoms with Gasteiger partial charge < -0.3 is 0 Å². The van der Waals surface area contributed by atoms with E-state index in [-0.39, 0.29) is 11.3 Å². The SMILES string of the molecule is Cc1ccc(-n2nnnc2S[C@H](C)C(=O)c2ccc(F)c(F)c2)c(C)c1. The van der Waals surface area contributed by atoms with Crippen molar-refractivity contribution in [3.8, 4) is 5.69 Å². The zero-order valence-corrected chi connectivity index (χ0v) is 15.2. The number of Topliss-reactive ketones (excluding diaryl/α,β-unsaturated/α-hetero) is 1. The van der Waals surface area contributed by atoms with Crippen LogP contribution in [0, 0.1) is 25.5 Å². The molecular formula is C18H16F2N4OS. The number of ketones is 1. The molecule has 0 spiro atoms. The van der Waals surface area contributed by atoms with Gasteiger partial charge in [0.15, 0.2) is 17.4 Å². The van der Waals surface area contributed by atoms with E-state index >= 15 is 0 Å². The smallest absolute Gasteiger partial charge is 0.214 e. The van der Waals surface area contributed by atoms with Gasteiger partial charge in [-0.15, -0.1) is 5.10 Å². The Morgan fingerprint density at radius 3 is 2.58 bits per heavy atom. The summed E-state index contributed by atoms with van der Waals surface area (Å²) in [5.74, 6) is -2.36. The lowest BCUT2D eigenvalue weighted by atomic mass is 10.1. The van der Waals surface area contributed by atoms with Gasteiger partial charge in [-0.2, -0.15) is 4.68 Å². The van der Waals surface area contributed by atoms with Crippen LogP contribution in [-0.2, 0) is 0 Å². The summed E-state index contributed by atoms with van der Waals surface area (Å²) >= 11 is 1.16. The Morgan fingerprint density at radius 1 is 1.12 bits per heavy atom. The molecule has 134 valence electrons. The van der Waals surface area contributed by atoms with Crippen molar-refractivity contribution in [1.82, 2.24) is 20.2 Å². The maximum Gasteiger partial charge on any atom is 0.214 e. The third kappa shape index (κ3) is 3.65. The van der Waals surface area contributed by atoms with Gasteiger partial charge in [0.2, 0.25) is 5.16 Å². The summed E-state index contributed by atoms with van der Waals surface area (Å²) in [6.45, 7) is 5.62. The summed E-state index contributed by atoms with van der Waals surface area (Å²) < 4.78 is 28.0. The zero-order chi connectivity index (χ0) is 18.8. The average Bonchev–Trinajstić information content (AvgIpc) is 3.04. The topological polar surface area (TPSA) is 60.7 Å². The molecule has 0 N–H and O–H groups in total. The minimum atomic E-state index is -1.05. The number of carbonyl (C=O) groups is 1. The molecule has 26 heavy (non-hydrogen) atoms. The summed E-state index contributed by atoms with van der Waals surface area (Å²) in [6, 6.07) is 9.00. The predicted octanol–water partition coefficient (Wildman–Crippen LogP) is 3.92. The van der Waals surface area contributed by atoms with Gasteiger partial charge in [0.1, 0.15) is 0 Å². The van der Waals surface area contributed by atoms with Crippen LogP contribution in [0.1, 0.15) is 28.4 Å². The van der Waals surface area contributed by atoms with Gasteiger partial charge in [-0.1, -0.05) is 29.5 Å². The minimum absolute atomic E-state index is 0.106. The van der Waals surface area contributed by atoms with Crippen molar-refractivity contribution in [2.24, 2.45) is 0 Å². The lowest BCUT2D eigenvalue weighted by Gasteiger charge is -2.12. The number of benzene rings is 2. The van der Waals surface area contributed by atoms with Crippen molar-refractivity contribution in [2.45, 2.75) is 31.2 Å². The van der Waals surface area contributed by atoms with Gasteiger partial charge >= 0.3 is 0 Å². The molecule has 0 fully saturated rings. The normalized spacial score (nSPS) is 12.2. The van der Waals surface area contributed by atoms with Crippen molar-refractivity contribution in [3.05, 3.63) is 64.7 Å². The summed E-state index contributed by atoms with van der Waals surface area (Å²) in [4.78, 5) is 12.5. The number of halogens is 2. The van der Waals surface area contributed by atoms with Gasteiger partial charge in [-0.05, 0) is 61.0 Å². The second kappa shape index (κ2) is 7.33. The fourth-order valence-corrected chi connectivity index (χ4v) is 3.42. The van der Waals surface area contributed by atoms with Crippen molar-refractivity contribution in [1.29, 1.82) is 0 Å². The molecule has 5 nitrogen and oxygen atoms in total. The van der Waals surface area contributed by atoms with E-state index in [1.165, 1.54) is 6.07 Å². The van der Waals surface area contributed by atoms with Gasteiger partial charge in [0, 0.05) is 5.56 Å². The van der Waals surface area contributed by atoms with E-state index in [1.807, 2.05) is 32.0 Å². The molecule has 0 amide bonds. The highest BCUT2D eigenvalue weighted by Gasteiger charge is 2.22. The van der Waals surface area contributed by atoms with E-state index < -0.39 is 16.9 Å². The van der Waals surface area contributed by atoms with Crippen molar-refractivity contribution in [2.75, 3.05) is 0 Å². The van der Waals surface area contributed by atoms with Crippen LogP contribution in [0.4, 0.5) is 8.78 Å². The van der Waals surface area contributed by atoms with E-state index in [0.29, 0.717) is 5.16 Å². The molecule has 0 saturated heterocycles. The number of nitrogens with zero attached hydrogens (tertiary/aromatic N) is 4. The number of aromatic nitrogens is 4. The molecule has 3 rings (SSSR count). The zero-order valence-electron chi connectivity index (χ0n) is 14.4. The first-order valence-electron chi connectivity index (χ1n) is 7.88. The summed E-state index contributed by atoms with van der Waals surface area (Å²) in [6.07, 6.45) is 0. The van der Waals surface area contributed by atoms with Crippen molar-refractivity contribution < 1.29 is 13.6 Å². The lowest BCUT2D eigenvalue weighted by Crippen LogP contribution is -2.15. The molecule has 0 bridgehead atoms. The number of aryl methyl sites for hydroxylation is 2. The maximum absolute atomic E-state index is 13.4. The van der Waals surface area contributed by atoms with E-state index in [0.717, 1.165) is 40.7 Å². The van der Waals surface area contributed by atoms with Crippen LogP contribution in [0.15, 0.2) is 41.6 Å². The molecule has 0 radical (unpaired) electrons. The van der Waals surface area contributed by atoms with E-state index in [9.17, 15) is 13.6 Å². The highest BCUT2D eigenvalue weighted by atomic mass is 32.2. The molecule has 8 heteroatoms. The molecule has 0 saturated carbocycles. The van der Waals surface area contributed by atoms with Crippen LogP contribution < -0.4 is 0 Å². The van der Waals surface area contributed by atoms with Gasteiger partial charge in [0.05, 0.1) is 10.9 Å². The molecule has 0 aliphatic heterocycles. The molecule has 0 aliphatic carbocycles. The van der Waals surface area contributed by atoms with Crippen LogP contribution >= 0.6 is 11.8 Å². The number of carbonyl (C=O) groups excluding carboxylic acids is 1. The van der Waals surface area contributed by atoms with Crippen LogP contribution in [0.3, 0.4) is 0 Å². The van der Waals surface area contributed by atoms with Gasteiger partial charge in [0.25, 0.3) is 0 Å². The van der Waals surface area contributed by atoms with E-state index in [4.69, 9.17) is 0 Å². The average molecular weight is 374 g/mol. The van der Waals surface area contributed by atoms with Crippen LogP contribution in [0.25, 0.3) is 5.69 Å². The summed E-state index contributed by atoms with van der Waals surface area (Å²) in [5, 5.41) is 11.5. The molecular weight excluding hydrogens is 358 g/mol. The monoisotopic (exact) mass is 374 g/mol. The van der Waals surface area contributed by atoms with E-state index in [2.05, 4.69) is 15.5 Å². The maximum atomic E-state index is 13.4. The Morgan fingerprint density at radius 2 is 1.88 bits per heavy atom. The fourth-order valence-electron chi connectivity index (χ4n) is 2.54. The van der Waals surface area contributed by atoms with Crippen LogP contribution in [-0.4, -0.2) is 31.2 Å². The minimum Gasteiger partial charge on any atom is -0.293 e. The molecule has 0 unspecified atom stereocenters. The Balaban J connectivity index is 1.84. The summed E-state index contributed by atoms with van der Waals surface area (Å²) in [7, 11) is 0. The number of rotatable bonds is 5. The third-order valence-electron chi connectivity index (χ3n) is 3.88. The lowest BCUT2D eigenvalue weighted by molar-refractivity contribution is 0.0993. The standard InChI is InChI=1S/C18H16F2N4OS/c1-10-4-7-16(11(2)8-10)24-18(21-22-23-24)26-12(3)17(25)13-5-6-14(19)15(20)9-13/h4-9,12H,1-3H3/t12-/m1/s1. The molecule has 1 atom stereocenters. The Bertz CT molecular complexity index is 974. The number of thioether (sulfide) groups is 1. The molecule has 1 heterocycles. The Kier molecular flexibility index (Phi) is 5.13. The summed E-state index contributed by atoms with van der Waals surface area (Å²) in [5.41, 5.74) is 3.04. The van der Waals surface area contributed by atoms with Crippen LogP contribution in [0.5, 0.6) is 0 Å². The van der Waals surface area contributed by atoms with Crippen molar-refractivity contribution >= 4 is 17.5 Å². The number of tetrazole rings is 1. The van der Waals surface area contributed by atoms with E-state index in [1.54, 1.807) is 11.6 Å². The largest absolute Gasteiger partial charge is 0.293 e. The fraction of sp³-hybridized carbons (Fsp3) is 0.222. The van der Waals surface area contributed by atoms with Gasteiger partial charge in [-0.25, -0.2) is 8.78 Å². The number of hydrogen-bond donors (Lipinski definition) is 0. The van der Waals surface area contributed by atoms with Gasteiger partial charge in [-0.3, -0.25) is 4.79 Å². The predicted molar refractivity (Wildman–Crippen MR) is 94.6 cm³/mol. The molecule has 2 aromatic carbocycles. The Labute approximate surface area is 153 Å². The molecule has 1 aromatic heterocycles. The third-order valence-corrected chi connectivity index (χ3v) is 4.91. The first kappa shape index (κ1) is 18.2. The second-order valence-corrected chi connectivity index (χ2v) is 7.22. The number of hydrogen-bond acceptors (Lipinski definition) is 5. The quantitative estimate of drug-likeness (QED) is 0.500. The first-order valence-corrected chi connectivity index (χ1v) is 8.76. The molecule has 0 aliphatic rings. The highest BCUT2D eigenvalue weighted by molar-refractivity contribution is 8.00. The van der Waals surface area contributed by atoms with Crippen molar-refractivity contribution in [3.63, 3.8) is 0 Å². The Hall–Kier alpha value is -2.61. The second-order valence-electron chi connectivity index (χ2n) is 5.92. The van der Waals surface area contributed by atoms with Crippen LogP contribution in [0.2, 0.25) is 0 Å². The molecule has 3 aromatic rings. The highest BCUT2D eigenvalue weighted by Crippen LogP contribution is 2.27.